The maximum Gasteiger partial charge on any atom is 0.231 e. The van der Waals surface area contributed by atoms with Gasteiger partial charge in [0, 0.05) is 17.0 Å². The Morgan fingerprint density at radius 2 is 1.81 bits per heavy atom. The van der Waals surface area contributed by atoms with Gasteiger partial charge in [0.2, 0.25) is 5.71 Å². The second-order valence-electron chi connectivity index (χ2n) is 9.57. The summed E-state index contributed by atoms with van der Waals surface area (Å²) in [6.07, 6.45) is 1.59. The van der Waals surface area contributed by atoms with E-state index in [0.29, 0.717) is 18.2 Å². The quantitative estimate of drug-likeness (QED) is 0.300. The Morgan fingerprint density at radius 1 is 0.968 bits per heavy atom. The van der Waals surface area contributed by atoms with Crippen molar-refractivity contribution in [2.45, 2.75) is 39.0 Å². The SMILES string of the molecule is CC1COc2c1ccc1oc3ncnc(-c4cc(C(C)(C)C)c5ccccc5c4)c3c21. The molecule has 4 nitrogen and oxygen atoms in total. The maximum atomic E-state index is 6.13. The van der Waals surface area contributed by atoms with E-state index in [0.717, 1.165) is 33.4 Å². The van der Waals surface area contributed by atoms with Crippen LogP contribution in [-0.4, -0.2) is 16.6 Å². The number of benzene rings is 3. The molecular weight excluding hydrogens is 384 g/mol. The number of hydrogen-bond acceptors (Lipinski definition) is 4. The number of ether oxygens (including phenoxy) is 1. The van der Waals surface area contributed by atoms with Crippen molar-refractivity contribution in [3.05, 3.63) is 66.0 Å². The van der Waals surface area contributed by atoms with Crippen LogP contribution in [0.4, 0.5) is 0 Å². The molecule has 0 saturated heterocycles. The Morgan fingerprint density at radius 3 is 2.65 bits per heavy atom. The third-order valence-electron chi connectivity index (χ3n) is 6.37. The van der Waals surface area contributed by atoms with Gasteiger partial charge in [-0.1, -0.05) is 58.0 Å². The van der Waals surface area contributed by atoms with Gasteiger partial charge in [0.15, 0.2) is 0 Å². The van der Waals surface area contributed by atoms with Crippen LogP contribution in [0.25, 0.3) is 44.1 Å². The van der Waals surface area contributed by atoms with Crippen molar-refractivity contribution in [3.8, 4) is 17.0 Å². The zero-order valence-electron chi connectivity index (χ0n) is 18.2. The molecule has 0 saturated carbocycles. The Balaban J connectivity index is 1.72. The number of hydrogen-bond donors (Lipinski definition) is 0. The lowest BCUT2D eigenvalue weighted by atomic mass is 9.82. The fourth-order valence-corrected chi connectivity index (χ4v) is 4.81. The first kappa shape index (κ1) is 18.4. The molecule has 3 heterocycles. The highest BCUT2D eigenvalue weighted by Crippen LogP contribution is 2.46. The van der Waals surface area contributed by atoms with Crippen molar-refractivity contribution in [2.24, 2.45) is 0 Å². The molecular formula is C27H24N2O2. The molecule has 0 amide bonds. The van der Waals surface area contributed by atoms with Crippen LogP contribution >= 0.6 is 0 Å². The fraction of sp³-hybridized carbons (Fsp3) is 0.259. The maximum absolute atomic E-state index is 6.13. The number of furan rings is 1. The van der Waals surface area contributed by atoms with Gasteiger partial charge in [0.1, 0.15) is 17.7 Å². The molecule has 3 aromatic carbocycles. The number of aromatic nitrogens is 2. The van der Waals surface area contributed by atoms with E-state index >= 15 is 0 Å². The van der Waals surface area contributed by atoms with Gasteiger partial charge < -0.3 is 9.15 Å². The van der Waals surface area contributed by atoms with E-state index < -0.39 is 0 Å². The monoisotopic (exact) mass is 408 g/mol. The second kappa shape index (κ2) is 6.30. The van der Waals surface area contributed by atoms with Crippen molar-refractivity contribution in [2.75, 3.05) is 6.61 Å². The molecule has 1 aliphatic rings. The molecule has 0 spiro atoms. The summed E-state index contributed by atoms with van der Waals surface area (Å²) >= 11 is 0. The first-order chi connectivity index (χ1) is 14.9. The summed E-state index contributed by atoms with van der Waals surface area (Å²) in [6.45, 7) is 9.64. The lowest BCUT2D eigenvalue weighted by Gasteiger charge is -2.22. The molecule has 5 aromatic rings. The van der Waals surface area contributed by atoms with Crippen LogP contribution in [0.5, 0.6) is 5.75 Å². The zero-order valence-corrected chi connectivity index (χ0v) is 18.2. The minimum atomic E-state index is 0.0000137. The summed E-state index contributed by atoms with van der Waals surface area (Å²) in [5.41, 5.74) is 5.87. The van der Waals surface area contributed by atoms with Crippen LogP contribution < -0.4 is 4.74 Å². The molecule has 0 radical (unpaired) electrons. The summed E-state index contributed by atoms with van der Waals surface area (Å²) in [5.74, 6) is 1.28. The van der Waals surface area contributed by atoms with Crippen molar-refractivity contribution < 1.29 is 9.15 Å². The summed E-state index contributed by atoms with van der Waals surface area (Å²) in [5, 5.41) is 4.40. The lowest BCUT2D eigenvalue weighted by Crippen LogP contribution is -2.12. The van der Waals surface area contributed by atoms with E-state index in [-0.39, 0.29) is 5.41 Å². The van der Waals surface area contributed by atoms with Crippen LogP contribution in [0.1, 0.15) is 44.7 Å². The molecule has 1 unspecified atom stereocenters. The lowest BCUT2D eigenvalue weighted by molar-refractivity contribution is 0.340. The van der Waals surface area contributed by atoms with Crippen LogP contribution in [0.3, 0.4) is 0 Å². The minimum Gasteiger partial charge on any atom is -0.492 e. The van der Waals surface area contributed by atoms with Gasteiger partial charge in [-0.05, 0) is 39.9 Å². The number of nitrogens with zero attached hydrogens (tertiary/aromatic N) is 2. The van der Waals surface area contributed by atoms with Crippen molar-refractivity contribution in [3.63, 3.8) is 0 Å². The van der Waals surface area contributed by atoms with Crippen LogP contribution in [-0.2, 0) is 5.41 Å². The van der Waals surface area contributed by atoms with Gasteiger partial charge in [0.05, 0.1) is 23.1 Å². The third kappa shape index (κ3) is 2.67. The van der Waals surface area contributed by atoms with Crippen LogP contribution in [0.2, 0.25) is 0 Å². The van der Waals surface area contributed by atoms with Crippen molar-refractivity contribution >= 4 is 32.8 Å². The fourth-order valence-electron chi connectivity index (χ4n) is 4.81. The standard InChI is InChI=1S/C27H24N2O2/c1-15-13-30-25-18(15)9-10-21-22(25)23-24(28-14-29-26(23)31-21)17-11-16-7-5-6-8-19(16)20(12-17)27(2,3)4/h5-12,14-15H,13H2,1-4H3. The van der Waals surface area contributed by atoms with Gasteiger partial charge in [0.25, 0.3) is 0 Å². The smallest absolute Gasteiger partial charge is 0.231 e. The summed E-state index contributed by atoms with van der Waals surface area (Å²) in [6, 6.07) is 17.2. The Bertz CT molecular complexity index is 1490. The van der Waals surface area contributed by atoms with Gasteiger partial charge in [-0.3, -0.25) is 0 Å². The van der Waals surface area contributed by atoms with Gasteiger partial charge in [-0.2, -0.15) is 0 Å². The van der Waals surface area contributed by atoms with Crippen molar-refractivity contribution in [1.82, 2.24) is 9.97 Å². The highest BCUT2D eigenvalue weighted by Gasteiger charge is 2.27. The van der Waals surface area contributed by atoms with Gasteiger partial charge in [-0.25, -0.2) is 9.97 Å². The minimum absolute atomic E-state index is 0.0000137. The predicted octanol–water partition coefficient (Wildman–Crippen LogP) is 6.99. The highest BCUT2D eigenvalue weighted by atomic mass is 16.5. The molecule has 1 aliphatic heterocycles. The summed E-state index contributed by atoms with van der Waals surface area (Å²) < 4.78 is 12.2. The first-order valence-electron chi connectivity index (χ1n) is 10.8. The van der Waals surface area contributed by atoms with Crippen LogP contribution in [0.15, 0.2) is 59.3 Å². The molecule has 0 N–H and O–H groups in total. The van der Waals surface area contributed by atoms with E-state index in [1.807, 2.05) is 6.07 Å². The topological polar surface area (TPSA) is 48.2 Å². The molecule has 4 heteroatoms. The van der Waals surface area contributed by atoms with Gasteiger partial charge >= 0.3 is 0 Å². The zero-order chi connectivity index (χ0) is 21.3. The molecule has 0 fully saturated rings. The summed E-state index contributed by atoms with van der Waals surface area (Å²) in [7, 11) is 0. The summed E-state index contributed by atoms with van der Waals surface area (Å²) in [4.78, 5) is 9.20. The highest BCUT2D eigenvalue weighted by molar-refractivity contribution is 6.14. The molecule has 0 aliphatic carbocycles. The van der Waals surface area contributed by atoms with Crippen LogP contribution in [0, 0.1) is 0 Å². The van der Waals surface area contributed by atoms with E-state index in [2.05, 4.69) is 75.1 Å². The number of fused-ring (bicyclic) bond motifs is 6. The second-order valence-corrected chi connectivity index (χ2v) is 9.57. The normalized spacial score (nSPS) is 16.2. The molecule has 2 aromatic heterocycles. The molecule has 31 heavy (non-hydrogen) atoms. The Kier molecular flexibility index (Phi) is 3.73. The average Bonchev–Trinajstić information content (AvgIpc) is 3.32. The molecule has 6 rings (SSSR count). The molecule has 0 bridgehead atoms. The Labute approximate surface area is 180 Å². The van der Waals surface area contributed by atoms with Crippen molar-refractivity contribution in [1.29, 1.82) is 0 Å². The first-order valence-corrected chi connectivity index (χ1v) is 10.8. The van der Waals surface area contributed by atoms with E-state index in [9.17, 15) is 0 Å². The largest absolute Gasteiger partial charge is 0.492 e. The predicted molar refractivity (Wildman–Crippen MR) is 125 cm³/mol. The Hall–Kier alpha value is -3.40. The van der Waals surface area contributed by atoms with E-state index in [1.165, 1.54) is 21.9 Å². The van der Waals surface area contributed by atoms with E-state index in [4.69, 9.17) is 14.1 Å². The van der Waals surface area contributed by atoms with Gasteiger partial charge in [-0.15, -0.1) is 0 Å². The van der Waals surface area contributed by atoms with E-state index in [1.54, 1.807) is 6.33 Å². The average molecular weight is 409 g/mol. The molecule has 1 atom stereocenters. The third-order valence-corrected chi connectivity index (χ3v) is 6.37. The molecule has 154 valence electrons. The number of rotatable bonds is 1.